The number of alkyl halides is 2. The molecule has 4 heteroatoms. The van der Waals surface area contributed by atoms with Gasteiger partial charge in [0.05, 0.1) is 6.54 Å². The van der Waals surface area contributed by atoms with Crippen LogP contribution in [0, 0.1) is 0 Å². The molecule has 2 N–H and O–H groups in total. The quantitative estimate of drug-likeness (QED) is 0.851. The van der Waals surface area contributed by atoms with Crippen LogP contribution >= 0.6 is 0 Å². The first kappa shape index (κ1) is 11.5. The van der Waals surface area contributed by atoms with Crippen LogP contribution < -0.4 is 5.73 Å². The molecule has 1 aliphatic heterocycles. The van der Waals surface area contributed by atoms with Crippen molar-refractivity contribution in [3.63, 3.8) is 0 Å². The molecule has 1 heterocycles. The predicted octanol–water partition coefficient (Wildman–Crippen LogP) is 1.81. The summed E-state index contributed by atoms with van der Waals surface area (Å²) in [4.78, 5) is 1.73. The molecular weight excluding hydrogens is 210 g/mol. The van der Waals surface area contributed by atoms with Crippen molar-refractivity contribution in [1.29, 1.82) is 0 Å². The monoisotopic (exact) mass is 226 g/mol. The Morgan fingerprint density at radius 3 is 2.56 bits per heavy atom. The van der Waals surface area contributed by atoms with Crippen molar-refractivity contribution in [2.45, 2.75) is 18.4 Å². The van der Waals surface area contributed by atoms with E-state index in [0.29, 0.717) is 13.1 Å². The highest BCUT2D eigenvalue weighted by atomic mass is 19.3. The molecule has 2 nitrogen and oxygen atoms in total. The lowest BCUT2D eigenvalue weighted by molar-refractivity contribution is -0.0329. The smallest absolute Gasteiger partial charge is 0.285 e. The third-order valence-corrected chi connectivity index (χ3v) is 2.93. The molecule has 0 aromatic heterocycles. The van der Waals surface area contributed by atoms with Crippen LogP contribution in [0.15, 0.2) is 30.3 Å². The Bertz CT molecular complexity index is 340. The summed E-state index contributed by atoms with van der Waals surface area (Å²) >= 11 is 0. The highest BCUT2D eigenvalue weighted by molar-refractivity contribution is 5.20. The average molecular weight is 226 g/mol. The number of likely N-dealkylation sites (tertiary alicyclic amines) is 1. The Balaban J connectivity index is 2.03. The molecule has 0 saturated carbocycles. The highest BCUT2D eigenvalue weighted by Gasteiger charge is 2.35. The zero-order chi connectivity index (χ0) is 11.6. The minimum atomic E-state index is -2.79. The van der Waals surface area contributed by atoms with Crippen LogP contribution in [0.3, 0.4) is 0 Å². The van der Waals surface area contributed by atoms with E-state index in [2.05, 4.69) is 0 Å². The second-order valence-electron chi connectivity index (χ2n) is 4.35. The number of nitrogens with two attached hydrogens (primary N) is 1. The maximum absolute atomic E-state index is 13.9. The number of hydrogen-bond acceptors (Lipinski definition) is 2. The van der Waals surface area contributed by atoms with Gasteiger partial charge in [-0.05, 0) is 13.0 Å². The summed E-state index contributed by atoms with van der Waals surface area (Å²) in [7, 11) is 0. The molecule has 1 aliphatic rings. The van der Waals surface area contributed by atoms with E-state index in [1.54, 1.807) is 23.1 Å². The van der Waals surface area contributed by atoms with Gasteiger partial charge in [0.15, 0.2) is 0 Å². The lowest BCUT2D eigenvalue weighted by atomic mass is 10.1. The standard InChI is InChI=1S/C12H16F2N2/c13-12(14,10-4-2-1-3-5-10)9-16-7-6-11(15)8-16/h1-5,11H,6-9,15H2/t11-/m1/s1. The second kappa shape index (κ2) is 4.47. The summed E-state index contributed by atoms with van der Waals surface area (Å²) in [5, 5.41) is 0. The van der Waals surface area contributed by atoms with Gasteiger partial charge in [-0.15, -0.1) is 0 Å². The molecule has 1 saturated heterocycles. The second-order valence-corrected chi connectivity index (χ2v) is 4.35. The molecule has 2 rings (SSSR count). The van der Waals surface area contributed by atoms with Crippen molar-refractivity contribution in [2.75, 3.05) is 19.6 Å². The fourth-order valence-corrected chi connectivity index (χ4v) is 2.06. The van der Waals surface area contributed by atoms with Crippen LogP contribution in [0.2, 0.25) is 0 Å². The molecule has 16 heavy (non-hydrogen) atoms. The topological polar surface area (TPSA) is 29.3 Å². The SMILES string of the molecule is N[C@@H]1CCN(CC(F)(F)c2ccccc2)C1. The Kier molecular flexibility index (Phi) is 3.21. The molecule has 88 valence electrons. The van der Waals surface area contributed by atoms with Gasteiger partial charge in [0.2, 0.25) is 0 Å². The van der Waals surface area contributed by atoms with E-state index in [9.17, 15) is 8.78 Å². The Morgan fingerprint density at radius 2 is 2.00 bits per heavy atom. The van der Waals surface area contributed by atoms with Crippen molar-refractivity contribution in [2.24, 2.45) is 5.73 Å². The van der Waals surface area contributed by atoms with Crippen molar-refractivity contribution in [3.8, 4) is 0 Å². The van der Waals surface area contributed by atoms with Crippen molar-refractivity contribution >= 4 is 0 Å². The third kappa shape index (κ3) is 2.57. The van der Waals surface area contributed by atoms with E-state index in [0.717, 1.165) is 6.42 Å². The maximum atomic E-state index is 13.9. The van der Waals surface area contributed by atoms with Crippen LogP contribution in [0.1, 0.15) is 12.0 Å². The fraction of sp³-hybridized carbons (Fsp3) is 0.500. The van der Waals surface area contributed by atoms with Gasteiger partial charge in [0.25, 0.3) is 5.92 Å². The molecule has 1 aromatic carbocycles. The van der Waals surface area contributed by atoms with Crippen LogP contribution in [-0.2, 0) is 5.92 Å². The Hall–Kier alpha value is -1.00. The predicted molar refractivity (Wildman–Crippen MR) is 59.4 cm³/mol. The first-order valence-electron chi connectivity index (χ1n) is 5.49. The molecule has 1 aromatic rings. The number of halogens is 2. The first-order valence-corrected chi connectivity index (χ1v) is 5.49. The molecular formula is C12H16F2N2. The van der Waals surface area contributed by atoms with Gasteiger partial charge in [0, 0.05) is 18.2 Å². The van der Waals surface area contributed by atoms with Gasteiger partial charge >= 0.3 is 0 Å². The van der Waals surface area contributed by atoms with Crippen LogP contribution in [-0.4, -0.2) is 30.6 Å². The van der Waals surface area contributed by atoms with Gasteiger partial charge in [0.1, 0.15) is 0 Å². The number of hydrogen-bond donors (Lipinski definition) is 1. The Morgan fingerprint density at radius 1 is 1.31 bits per heavy atom. The van der Waals surface area contributed by atoms with Gasteiger partial charge in [-0.3, -0.25) is 4.90 Å². The molecule has 1 fully saturated rings. The molecule has 0 amide bonds. The summed E-state index contributed by atoms with van der Waals surface area (Å²) in [6.45, 7) is 1.01. The largest absolute Gasteiger partial charge is 0.326 e. The fourth-order valence-electron chi connectivity index (χ4n) is 2.06. The van der Waals surface area contributed by atoms with E-state index >= 15 is 0 Å². The number of nitrogens with zero attached hydrogens (tertiary/aromatic N) is 1. The zero-order valence-electron chi connectivity index (χ0n) is 9.07. The third-order valence-electron chi connectivity index (χ3n) is 2.93. The van der Waals surface area contributed by atoms with E-state index < -0.39 is 5.92 Å². The average Bonchev–Trinajstić information content (AvgIpc) is 2.64. The minimum absolute atomic E-state index is 0.0478. The van der Waals surface area contributed by atoms with Gasteiger partial charge in [-0.25, -0.2) is 0 Å². The normalized spacial score (nSPS) is 22.6. The molecule has 0 unspecified atom stereocenters. The van der Waals surface area contributed by atoms with Gasteiger partial charge in [-0.1, -0.05) is 30.3 Å². The zero-order valence-corrected chi connectivity index (χ0v) is 9.07. The van der Waals surface area contributed by atoms with Crippen LogP contribution in [0.25, 0.3) is 0 Å². The maximum Gasteiger partial charge on any atom is 0.285 e. The van der Waals surface area contributed by atoms with Crippen molar-refractivity contribution in [3.05, 3.63) is 35.9 Å². The van der Waals surface area contributed by atoms with E-state index in [1.165, 1.54) is 12.1 Å². The molecule has 0 spiro atoms. The molecule has 0 bridgehead atoms. The summed E-state index contributed by atoms with van der Waals surface area (Å²) in [6.07, 6.45) is 0.810. The Labute approximate surface area is 94.0 Å². The van der Waals surface area contributed by atoms with Crippen LogP contribution in [0.5, 0.6) is 0 Å². The lowest BCUT2D eigenvalue weighted by Gasteiger charge is -2.23. The van der Waals surface area contributed by atoms with E-state index in [1.807, 2.05) is 0 Å². The van der Waals surface area contributed by atoms with Crippen molar-refractivity contribution < 1.29 is 8.78 Å². The summed E-state index contributed by atoms with van der Waals surface area (Å²) < 4.78 is 27.7. The summed E-state index contributed by atoms with van der Waals surface area (Å²) in [5.41, 5.74) is 5.78. The van der Waals surface area contributed by atoms with Crippen LogP contribution in [0.4, 0.5) is 8.78 Å². The lowest BCUT2D eigenvalue weighted by Crippen LogP contribution is -2.35. The minimum Gasteiger partial charge on any atom is -0.326 e. The highest BCUT2D eigenvalue weighted by Crippen LogP contribution is 2.29. The number of rotatable bonds is 3. The first-order chi connectivity index (χ1) is 7.58. The van der Waals surface area contributed by atoms with Gasteiger partial charge < -0.3 is 5.73 Å². The molecule has 0 radical (unpaired) electrons. The molecule has 0 aliphatic carbocycles. The summed E-state index contributed by atoms with van der Waals surface area (Å²) in [5.74, 6) is -2.79. The van der Waals surface area contributed by atoms with Crippen molar-refractivity contribution in [1.82, 2.24) is 4.90 Å². The van der Waals surface area contributed by atoms with E-state index in [-0.39, 0.29) is 18.2 Å². The molecule has 1 atom stereocenters. The van der Waals surface area contributed by atoms with E-state index in [4.69, 9.17) is 5.73 Å². The number of benzene rings is 1. The van der Waals surface area contributed by atoms with Gasteiger partial charge in [-0.2, -0.15) is 8.78 Å². The summed E-state index contributed by atoms with van der Waals surface area (Å²) in [6, 6.07) is 8.00.